The molecule has 1 aliphatic rings. The molecule has 0 heterocycles. The van der Waals surface area contributed by atoms with Crippen LogP contribution in [-0.2, 0) is 6.54 Å². The number of anilines is 1. The van der Waals surface area contributed by atoms with Gasteiger partial charge >= 0.3 is 0 Å². The molecule has 1 aromatic carbocycles. The molecule has 2 rings (SSSR count). The summed E-state index contributed by atoms with van der Waals surface area (Å²) in [5, 5.41) is 3.24. The van der Waals surface area contributed by atoms with Crippen LogP contribution in [0.15, 0.2) is 22.7 Å². The molecule has 0 aliphatic heterocycles. The van der Waals surface area contributed by atoms with E-state index in [-0.39, 0.29) is 0 Å². The summed E-state index contributed by atoms with van der Waals surface area (Å²) in [6, 6.07) is 7.20. The van der Waals surface area contributed by atoms with E-state index in [0.717, 1.165) is 16.9 Å². The quantitative estimate of drug-likeness (QED) is 0.896. The van der Waals surface area contributed by atoms with Crippen LogP contribution in [0.2, 0.25) is 0 Å². The molecule has 1 aliphatic carbocycles. The van der Waals surface area contributed by atoms with Gasteiger partial charge in [0.25, 0.3) is 0 Å². The van der Waals surface area contributed by atoms with Crippen molar-refractivity contribution in [3.05, 3.63) is 28.2 Å². The minimum absolute atomic E-state index is 0.645. The van der Waals surface area contributed by atoms with Gasteiger partial charge in [0.15, 0.2) is 0 Å². The first-order valence-corrected chi connectivity index (χ1v) is 7.08. The van der Waals surface area contributed by atoms with Gasteiger partial charge in [-0.15, -0.1) is 0 Å². The Balaban J connectivity index is 2.22. The van der Waals surface area contributed by atoms with Gasteiger partial charge in [-0.2, -0.15) is 0 Å². The van der Waals surface area contributed by atoms with Crippen LogP contribution in [0.1, 0.15) is 25.3 Å². The topological polar surface area (TPSA) is 15.3 Å². The zero-order valence-electron chi connectivity index (χ0n) is 10.8. The van der Waals surface area contributed by atoms with Crippen molar-refractivity contribution in [3.8, 4) is 0 Å². The maximum atomic E-state index is 3.55. The van der Waals surface area contributed by atoms with Crippen LogP contribution in [0.3, 0.4) is 0 Å². The molecular weight excluding hydrogens is 276 g/mol. The normalized spacial score (nSPS) is 16.9. The number of nitrogens with zero attached hydrogens (tertiary/aromatic N) is 1. The first-order valence-electron chi connectivity index (χ1n) is 6.29. The van der Waals surface area contributed by atoms with E-state index in [1.807, 2.05) is 7.05 Å². The molecule has 17 heavy (non-hydrogen) atoms. The molecule has 0 amide bonds. The Morgan fingerprint density at radius 2 is 2.18 bits per heavy atom. The number of nitrogens with one attached hydrogen (secondary N) is 1. The van der Waals surface area contributed by atoms with Crippen molar-refractivity contribution in [2.75, 3.05) is 19.0 Å². The molecule has 0 bridgehead atoms. The molecule has 1 atom stereocenters. The van der Waals surface area contributed by atoms with Crippen molar-refractivity contribution in [1.29, 1.82) is 0 Å². The average Bonchev–Trinajstić information content (AvgIpc) is 3.12. The van der Waals surface area contributed by atoms with Crippen molar-refractivity contribution < 1.29 is 0 Å². The number of hydrogen-bond donors (Lipinski definition) is 1. The highest BCUT2D eigenvalue weighted by molar-refractivity contribution is 9.10. The fourth-order valence-corrected chi connectivity index (χ4v) is 2.75. The first kappa shape index (κ1) is 12.9. The fraction of sp³-hybridized carbons (Fsp3) is 0.571. The largest absolute Gasteiger partial charge is 0.371 e. The summed E-state index contributed by atoms with van der Waals surface area (Å²) >= 11 is 3.55. The van der Waals surface area contributed by atoms with Crippen molar-refractivity contribution in [1.82, 2.24) is 5.32 Å². The Labute approximate surface area is 113 Å². The van der Waals surface area contributed by atoms with Crippen LogP contribution in [-0.4, -0.2) is 20.1 Å². The standard InChI is InChI=1S/C14H21BrN2/c1-10(11-4-5-11)17(3)14-7-6-13(15)8-12(14)9-16-2/h6-8,10-11,16H,4-5,9H2,1-3H3. The van der Waals surface area contributed by atoms with Crippen molar-refractivity contribution >= 4 is 21.6 Å². The highest BCUT2D eigenvalue weighted by atomic mass is 79.9. The van der Waals surface area contributed by atoms with Gasteiger partial charge in [-0.1, -0.05) is 15.9 Å². The van der Waals surface area contributed by atoms with Gasteiger partial charge in [0.2, 0.25) is 0 Å². The predicted molar refractivity (Wildman–Crippen MR) is 77.5 cm³/mol. The van der Waals surface area contributed by atoms with Crippen molar-refractivity contribution in [3.63, 3.8) is 0 Å². The zero-order chi connectivity index (χ0) is 12.4. The second kappa shape index (κ2) is 5.40. The lowest BCUT2D eigenvalue weighted by atomic mass is 10.1. The van der Waals surface area contributed by atoms with Crippen LogP contribution in [0.4, 0.5) is 5.69 Å². The first-order chi connectivity index (χ1) is 8.13. The van der Waals surface area contributed by atoms with Gasteiger partial charge in [-0.3, -0.25) is 0 Å². The van der Waals surface area contributed by atoms with Gasteiger partial charge in [0.05, 0.1) is 0 Å². The molecule has 0 aromatic heterocycles. The van der Waals surface area contributed by atoms with E-state index in [2.05, 4.69) is 58.3 Å². The lowest BCUT2D eigenvalue weighted by Gasteiger charge is -2.29. The molecule has 0 radical (unpaired) electrons. The zero-order valence-corrected chi connectivity index (χ0v) is 12.4. The van der Waals surface area contributed by atoms with E-state index in [9.17, 15) is 0 Å². The summed E-state index contributed by atoms with van der Waals surface area (Å²) in [6.07, 6.45) is 2.78. The van der Waals surface area contributed by atoms with Crippen LogP contribution >= 0.6 is 15.9 Å². The van der Waals surface area contributed by atoms with Gasteiger partial charge in [-0.25, -0.2) is 0 Å². The fourth-order valence-electron chi connectivity index (χ4n) is 2.34. The average molecular weight is 297 g/mol. The minimum atomic E-state index is 0.645. The Hall–Kier alpha value is -0.540. The summed E-state index contributed by atoms with van der Waals surface area (Å²) in [7, 11) is 4.21. The van der Waals surface area contributed by atoms with Crippen LogP contribution < -0.4 is 10.2 Å². The van der Waals surface area contributed by atoms with E-state index >= 15 is 0 Å². The Kier molecular flexibility index (Phi) is 4.10. The number of hydrogen-bond acceptors (Lipinski definition) is 2. The van der Waals surface area contributed by atoms with E-state index < -0.39 is 0 Å². The summed E-state index contributed by atoms with van der Waals surface area (Å²) in [5.41, 5.74) is 2.71. The maximum Gasteiger partial charge on any atom is 0.0412 e. The van der Waals surface area contributed by atoms with E-state index in [0.29, 0.717) is 6.04 Å². The third-order valence-corrected chi connectivity index (χ3v) is 4.20. The number of rotatable bonds is 5. The van der Waals surface area contributed by atoms with Gasteiger partial charge in [0.1, 0.15) is 0 Å². The Morgan fingerprint density at radius 1 is 1.47 bits per heavy atom. The smallest absolute Gasteiger partial charge is 0.0412 e. The molecule has 0 spiro atoms. The SMILES string of the molecule is CNCc1cc(Br)ccc1N(C)C(C)C1CC1. The highest BCUT2D eigenvalue weighted by Gasteiger charge is 2.31. The molecule has 1 N–H and O–H groups in total. The van der Waals surface area contributed by atoms with Crippen molar-refractivity contribution in [2.45, 2.75) is 32.4 Å². The summed E-state index contributed by atoms with van der Waals surface area (Å²) in [4.78, 5) is 2.43. The molecule has 1 aromatic rings. The molecular formula is C14H21BrN2. The Morgan fingerprint density at radius 3 is 2.76 bits per heavy atom. The van der Waals surface area contributed by atoms with Crippen LogP contribution in [0.25, 0.3) is 0 Å². The third-order valence-electron chi connectivity index (χ3n) is 3.70. The Bertz CT molecular complexity index is 388. The van der Waals surface area contributed by atoms with Crippen molar-refractivity contribution in [2.24, 2.45) is 5.92 Å². The van der Waals surface area contributed by atoms with Gasteiger partial charge in [-0.05, 0) is 56.5 Å². The summed E-state index contributed by atoms with van der Waals surface area (Å²) in [6.45, 7) is 3.25. The summed E-state index contributed by atoms with van der Waals surface area (Å²) < 4.78 is 1.15. The molecule has 1 saturated carbocycles. The van der Waals surface area contributed by atoms with Crippen LogP contribution in [0, 0.1) is 5.92 Å². The number of halogens is 1. The van der Waals surface area contributed by atoms with E-state index in [1.165, 1.54) is 24.1 Å². The molecule has 0 saturated heterocycles. The molecule has 94 valence electrons. The van der Waals surface area contributed by atoms with Gasteiger partial charge < -0.3 is 10.2 Å². The predicted octanol–water partition coefficient (Wildman–Crippen LogP) is 3.40. The lowest BCUT2D eigenvalue weighted by molar-refractivity contribution is 0.606. The van der Waals surface area contributed by atoms with E-state index in [4.69, 9.17) is 0 Å². The highest BCUT2D eigenvalue weighted by Crippen LogP contribution is 2.37. The molecule has 1 fully saturated rings. The second-order valence-electron chi connectivity index (χ2n) is 4.99. The van der Waals surface area contributed by atoms with Gasteiger partial charge in [0, 0.05) is 29.8 Å². The molecule has 1 unspecified atom stereocenters. The van der Waals surface area contributed by atoms with Crippen LogP contribution in [0.5, 0.6) is 0 Å². The maximum absolute atomic E-state index is 3.55. The molecule has 3 heteroatoms. The minimum Gasteiger partial charge on any atom is -0.371 e. The number of benzene rings is 1. The second-order valence-corrected chi connectivity index (χ2v) is 5.91. The monoisotopic (exact) mass is 296 g/mol. The third kappa shape index (κ3) is 3.02. The lowest BCUT2D eigenvalue weighted by Crippen LogP contribution is -2.31. The molecule has 2 nitrogen and oxygen atoms in total. The van der Waals surface area contributed by atoms with E-state index in [1.54, 1.807) is 0 Å². The summed E-state index contributed by atoms with van der Waals surface area (Å²) in [5.74, 6) is 0.895.